The van der Waals surface area contributed by atoms with Crippen LogP contribution in [0, 0.1) is 0 Å². The molecule has 1 heterocycles. The van der Waals surface area contributed by atoms with Crippen molar-refractivity contribution in [1.29, 1.82) is 0 Å². The van der Waals surface area contributed by atoms with Crippen molar-refractivity contribution in [3.63, 3.8) is 0 Å². The Kier molecular flexibility index (Phi) is 3.36. The van der Waals surface area contributed by atoms with Gasteiger partial charge in [-0.25, -0.2) is 0 Å². The number of aliphatic hydroxyl groups is 2. The van der Waals surface area contributed by atoms with E-state index in [0.29, 0.717) is 13.0 Å². The number of aliphatic hydroxyl groups excluding tert-OH is 2. The lowest BCUT2D eigenvalue weighted by atomic mass is 10.2. The van der Waals surface area contributed by atoms with Crippen LogP contribution in [0.5, 0.6) is 0 Å². The van der Waals surface area contributed by atoms with Crippen LogP contribution >= 0.6 is 0 Å². The molecule has 1 aromatic rings. The summed E-state index contributed by atoms with van der Waals surface area (Å²) in [5, 5.41) is 18.7. The van der Waals surface area contributed by atoms with Gasteiger partial charge in [-0.3, -0.25) is 4.90 Å². The van der Waals surface area contributed by atoms with Gasteiger partial charge in [0.15, 0.2) is 0 Å². The number of rotatable bonds is 3. The highest BCUT2D eigenvalue weighted by Crippen LogP contribution is 2.19. The highest BCUT2D eigenvalue weighted by molar-refractivity contribution is 5.15. The predicted molar refractivity (Wildman–Crippen MR) is 58.3 cm³/mol. The number of hydrogen-bond donors (Lipinski definition) is 2. The maximum atomic E-state index is 9.53. The van der Waals surface area contributed by atoms with E-state index in [1.807, 2.05) is 18.2 Å². The van der Waals surface area contributed by atoms with Crippen molar-refractivity contribution in [3.8, 4) is 0 Å². The maximum absolute atomic E-state index is 9.53. The van der Waals surface area contributed by atoms with Crippen LogP contribution in [0.3, 0.4) is 0 Å². The summed E-state index contributed by atoms with van der Waals surface area (Å²) in [7, 11) is 0. The Bertz CT molecular complexity index is 302. The van der Waals surface area contributed by atoms with Crippen molar-refractivity contribution in [1.82, 2.24) is 4.90 Å². The number of nitrogens with zero attached hydrogens (tertiary/aromatic N) is 1. The second kappa shape index (κ2) is 4.75. The Balaban J connectivity index is 2.00. The molecule has 1 fully saturated rings. The molecular weight excluding hydrogens is 190 g/mol. The molecule has 0 radical (unpaired) electrons. The number of hydrogen-bond acceptors (Lipinski definition) is 3. The van der Waals surface area contributed by atoms with Gasteiger partial charge in [0.1, 0.15) is 0 Å². The largest absolute Gasteiger partial charge is 0.395 e. The van der Waals surface area contributed by atoms with Crippen molar-refractivity contribution in [2.45, 2.75) is 25.1 Å². The van der Waals surface area contributed by atoms with Gasteiger partial charge in [-0.15, -0.1) is 0 Å². The standard InChI is InChI=1S/C12H17NO2/c14-9-11-6-12(15)8-13(11)7-10-4-2-1-3-5-10/h1-5,11-12,14-15H,6-9H2/t11-,12-/m1/s1. The van der Waals surface area contributed by atoms with Crippen molar-refractivity contribution in [2.24, 2.45) is 0 Å². The molecule has 15 heavy (non-hydrogen) atoms. The van der Waals surface area contributed by atoms with Crippen molar-refractivity contribution < 1.29 is 10.2 Å². The van der Waals surface area contributed by atoms with Crippen LogP contribution < -0.4 is 0 Å². The van der Waals surface area contributed by atoms with Crippen LogP contribution in [0.2, 0.25) is 0 Å². The Morgan fingerprint density at radius 3 is 2.67 bits per heavy atom. The minimum absolute atomic E-state index is 0.111. The van der Waals surface area contributed by atoms with Crippen LogP contribution in [-0.2, 0) is 6.54 Å². The Morgan fingerprint density at radius 1 is 1.27 bits per heavy atom. The lowest BCUT2D eigenvalue weighted by Crippen LogP contribution is -2.31. The second-order valence-electron chi connectivity index (χ2n) is 4.14. The van der Waals surface area contributed by atoms with Gasteiger partial charge < -0.3 is 10.2 Å². The van der Waals surface area contributed by atoms with Gasteiger partial charge in [0.25, 0.3) is 0 Å². The molecule has 1 saturated heterocycles. The van der Waals surface area contributed by atoms with Crippen LogP contribution in [0.25, 0.3) is 0 Å². The molecule has 0 aliphatic carbocycles. The highest BCUT2D eigenvalue weighted by Gasteiger charge is 2.29. The zero-order valence-corrected chi connectivity index (χ0v) is 8.71. The van der Waals surface area contributed by atoms with E-state index >= 15 is 0 Å². The second-order valence-corrected chi connectivity index (χ2v) is 4.14. The summed E-state index contributed by atoms with van der Waals surface area (Å²) in [6, 6.07) is 10.3. The molecule has 2 atom stereocenters. The molecule has 0 spiro atoms. The zero-order chi connectivity index (χ0) is 10.7. The lowest BCUT2D eigenvalue weighted by molar-refractivity contribution is 0.150. The van der Waals surface area contributed by atoms with Crippen LogP contribution in [0.15, 0.2) is 30.3 Å². The van der Waals surface area contributed by atoms with E-state index in [-0.39, 0.29) is 18.8 Å². The van der Waals surface area contributed by atoms with E-state index in [1.54, 1.807) is 0 Å². The summed E-state index contributed by atoms with van der Waals surface area (Å²) in [5.74, 6) is 0. The zero-order valence-electron chi connectivity index (χ0n) is 8.71. The highest BCUT2D eigenvalue weighted by atomic mass is 16.3. The first-order valence-electron chi connectivity index (χ1n) is 5.36. The fourth-order valence-electron chi connectivity index (χ4n) is 2.16. The molecule has 0 aromatic heterocycles. The summed E-state index contributed by atoms with van der Waals surface area (Å²) >= 11 is 0. The van der Waals surface area contributed by atoms with Gasteiger partial charge in [-0.1, -0.05) is 30.3 Å². The number of likely N-dealkylation sites (tertiary alicyclic amines) is 1. The average Bonchev–Trinajstić information content (AvgIpc) is 2.60. The molecule has 1 aliphatic rings. The van der Waals surface area contributed by atoms with Crippen LogP contribution in [-0.4, -0.2) is 40.4 Å². The minimum Gasteiger partial charge on any atom is -0.395 e. The smallest absolute Gasteiger partial charge is 0.0683 e. The molecule has 0 unspecified atom stereocenters. The third-order valence-electron chi connectivity index (χ3n) is 2.95. The van der Waals surface area contributed by atoms with E-state index < -0.39 is 0 Å². The van der Waals surface area contributed by atoms with E-state index in [0.717, 1.165) is 6.54 Å². The summed E-state index contributed by atoms with van der Waals surface area (Å²) in [6.45, 7) is 1.60. The van der Waals surface area contributed by atoms with Gasteiger partial charge in [0.2, 0.25) is 0 Å². The lowest BCUT2D eigenvalue weighted by Gasteiger charge is -2.22. The van der Waals surface area contributed by atoms with Gasteiger partial charge in [0.05, 0.1) is 12.7 Å². The Morgan fingerprint density at radius 2 is 2.00 bits per heavy atom. The van der Waals surface area contributed by atoms with Crippen molar-refractivity contribution >= 4 is 0 Å². The molecule has 2 rings (SSSR count). The quantitative estimate of drug-likeness (QED) is 0.763. The number of benzene rings is 1. The maximum Gasteiger partial charge on any atom is 0.0683 e. The third kappa shape index (κ3) is 2.56. The SMILES string of the molecule is OC[C@H]1C[C@@H](O)CN1Cc1ccccc1. The molecule has 2 N–H and O–H groups in total. The van der Waals surface area contributed by atoms with E-state index in [4.69, 9.17) is 0 Å². The minimum atomic E-state index is -0.286. The van der Waals surface area contributed by atoms with E-state index in [1.165, 1.54) is 5.56 Å². The van der Waals surface area contributed by atoms with Gasteiger partial charge in [0, 0.05) is 19.1 Å². The van der Waals surface area contributed by atoms with Gasteiger partial charge >= 0.3 is 0 Å². The third-order valence-corrected chi connectivity index (χ3v) is 2.95. The summed E-state index contributed by atoms with van der Waals surface area (Å²) in [6.07, 6.45) is 0.398. The Labute approximate surface area is 90.0 Å². The van der Waals surface area contributed by atoms with Crippen LogP contribution in [0.4, 0.5) is 0 Å². The average molecular weight is 207 g/mol. The number of β-amino-alcohol motifs (C(OH)–C–C–N with tert-alkyl or cyclic N) is 1. The molecule has 0 saturated carbocycles. The van der Waals surface area contributed by atoms with E-state index in [2.05, 4.69) is 17.0 Å². The first kappa shape index (κ1) is 10.6. The van der Waals surface area contributed by atoms with Crippen LogP contribution in [0.1, 0.15) is 12.0 Å². The fraction of sp³-hybridized carbons (Fsp3) is 0.500. The summed E-state index contributed by atoms with van der Waals surface area (Å²) < 4.78 is 0. The van der Waals surface area contributed by atoms with Gasteiger partial charge in [-0.05, 0) is 12.0 Å². The molecule has 0 bridgehead atoms. The normalized spacial score (nSPS) is 27.1. The summed E-state index contributed by atoms with van der Waals surface area (Å²) in [4.78, 5) is 2.14. The van der Waals surface area contributed by atoms with Crippen molar-refractivity contribution in [3.05, 3.63) is 35.9 Å². The predicted octanol–water partition coefficient (Wildman–Crippen LogP) is 0.614. The molecule has 3 heteroatoms. The first-order valence-corrected chi connectivity index (χ1v) is 5.36. The van der Waals surface area contributed by atoms with E-state index in [9.17, 15) is 10.2 Å². The molecule has 1 aromatic carbocycles. The topological polar surface area (TPSA) is 43.7 Å². The van der Waals surface area contributed by atoms with Gasteiger partial charge in [-0.2, -0.15) is 0 Å². The first-order chi connectivity index (χ1) is 7.29. The molecule has 1 aliphatic heterocycles. The Hall–Kier alpha value is -0.900. The fourth-order valence-corrected chi connectivity index (χ4v) is 2.16. The molecular formula is C12H17NO2. The molecule has 3 nitrogen and oxygen atoms in total. The van der Waals surface area contributed by atoms with Crippen molar-refractivity contribution in [2.75, 3.05) is 13.2 Å². The molecule has 0 amide bonds. The monoisotopic (exact) mass is 207 g/mol. The summed E-state index contributed by atoms with van der Waals surface area (Å²) in [5.41, 5.74) is 1.23. The molecule has 82 valence electrons.